The van der Waals surface area contributed by atoms with Crippen LogP contribution in [0.25, 0.3) is 6.08 Å². The van der Waals surface area contributed by atoms with Gasteiger partial charge in [-0.25, -0.2) is 13.2 Å². The SMILES string of the molecule is CCOC(=O)C1=C(C)N(CC(C)C)C(=O)/C1=C/c1ccc(CN(Cc2ccc(Cl)cc2)S(=O)(=O)c2ccc(C)cc2)o1. The second-order valence-electron chi connectivity index (χ2n) is 10.6. The second kappa shape index (κ2) is 13.1. The molecular weight excluding hydrogens is 576 g/mol. The number of furan rings is 1. The predicted molar refractivity (Wildman–Crippen MR) is 162 cm³/mol. The van der Waals surface area contributed by atoms with Crippen molar-refractivity contribution in [3.05, 3.63) is 105 Å². The minimum absolute atomic E-state index is 0.0605. The number of halogens is 1. The number of benzene rings is 2. The Morgan fingerprint density at radius 1 is 1.02 bits per heavy atom. The molecular formula is C32H35ClN2O6S. The topological polar surface area (TPSA) is 97.1 Å². The quantitative estimate of drug-likeness (QED) is 0.185. The molecule has 42 heavy (non-hydrogen) atoms. The van der Waals surface area contributed by atoms with Crippen LogP contribution in [-0.2, 0) is 37.4 Å². The number of carbonyl (C=O) groups is 2. The van der Waals surface area contributed by atoms with E-state index in [1.165, 1.54) is 10.4 Å². The molecule has 0 fully saturated rings. The maximum Gasteiger partial charge on any atom is 0.340 e. The van der Waals surface area contributed by atoms with Crippen molar-refractivity contribution < 1.29 is 27.2 Å². The van der Waals surface area contributed by atoms with Crippen molar-refractivity contribution >= 4 is 39.6 Å². The Morgan fingerprint density at radius 3 is 2.31 bits per heavy atom. The predicted octanol–water partition coefficient (Wildman–Crippen LogP) is 6.35. The summed E-state index contributed by atoms with van der Waals surface area (Å²) in [4.78, 5) is 27.9. The molecule has 0 N–H and O–H groups in total. The number of amides is 1. The maximum atomic E-state index is 13.7. The third kappa shape index (κ3) is 7.03. The van der Waals surface area contributed by atoms with Crippen molar-refractivity contribution in [2.24, 2.45) is 5.92 Å². The lowest BCUT2D eigenvalue weighted by atomic mass is 10.1. The van der Waals surface area contributed by atoms with Gasteiger partial charge in [0.2, 0.25) is 10.0 Å². The highest BCUT2D eigenvalue weighted by Gasteiger charge is 2.37. The number of hydrogen-bond acceptors (Lipinski definition) is 6. The van der Waals surface area contributed by atoms with Gasteiger partial charge in [0.15, 0.2) is 0 Å². The fourth-order valence-electron chi connectivity index (χ4n) is 4.67. The van der Waals surface area contributed by atoms with Crippen LogP contribution >= 0.6 is 11.6 Å². The van der Waals surface area contributed by atoms with Gasteiger partial charge in [0.1, 0.15) is 11.5 Å². The molecule has 0 radical (unpaired) electrons. The first-order valence-electron chi connectivity index (χ1n) is 13.7. The van der Waals surface area contributed by atoms with Gasteiger partial charge in [0.05, 0.1) is 29.2 Å². The van der Waals surface area contributed by atoms with Crippen molar-refractivity contribution in [2.75, 3.05) is 13.2 Å². The minimum Gasteiger partial charge on any atom is -0.462 e. The summed E-state index contributed by atoms with van der Waals surface area (Å²) in [6.07, 6.45) is 1.51. The van der Waals surface area contributed by atoms with Gasteiger partial charge in [-0.05, 0) is 74.7 Å². The van der Waals surface area contributed by atoms with Gasteiger partial charge in [0, 0.05) is 23.8 Å². The molecule has 0 atom stereocenters. The van der Waals surface area contributed by atoms with Gasteiger partial charge in [-0.2, -0.15) is 4.31 Å². The van der Waals surface area contributed by atoms with Gasteiger partial charge in [-0.1, -0.05) is 55.3 Å². The van der Waals surface area contributed by atoms with Crippen LogP contribution < -0.4 is 0 Å². The zero-order valence-corrected chi connectivity index (χ0v) is 26.0. The molecule has 1 aromatic heterocycles. The van der Waals surface area contributed by atoms with E-state index in [1.807, 2.05) is 20.8 Å². The average molecular weight is 611 g/mol. The molecule has 4 rings (SSSR count). The highest BCUT2D eigenvalue weighted by atomic mass is 35.5. The Bertz CT molecular complexity index is 1620. The summed E-state index contributed by atoms with van der Waals surface area (Å²) >= 11 is 6.04. The summed E-state index contributed by atoms with van der Waals surface area (Å²) in [7, 11) is -3.90. The van der Waals surface area contributed by atoms with Gasteiger partial charge >= 0.3 is 5.97 Å². The fraction of sp³-hybridized carbons (Fsp3) is 0.312. The number of allylic oxidation sites excluding steroid dienone is 1. The third-order valence-electron chi connectivity index (χ3n) is 6.77. The first-order chi connectivity index (χ1) is 19.9. The Hall–Kier alpha value is -3.66. The number of hydrogen-bond donors (Lipinski definition) is 0. The van der Waals surface area contributed by atoms with Crippen LogP contribution in [0, 0.1) is 12.8 Å². The Kier molecular flexibility index (Phi) is 9.76. The van der Waals surface area contributed by atoms with Crippen molar-refractivity contribution in [3.63, 3.8) is 0 Å². The molecule has 0 saturated carbocycles. The Labute approximate surface area is 252 Å². The normalized spacial score (nSPS) is 15.0. The number of nitrogens with zero attached hydrogens (tertiary/aromatic N) is 2. The van der Waals surface area contributed by atoms with Crippen molar-refractivity contribution in [1.82, 2.24) is 9.21 Å². The van der Waals surface area contributed by atoms with Crippen molar-refractivity contribution in [3.8, 4) is 0 Å². The van der Waals surface area contributed by atoms with E-state index in [9.17, 15) is 18.0 Å². The standard InChI is InChI=1S/C32H35ClN2O6S/c1-6-40-32(37)30-23(5)35(18-21(2)3)31(36)29(30)17-26-13-14-27(41-26)20-34(19-24-9-11-25(33)12-10-24)42(38,39)28-15-7-22(4)8-16-28/h7-17,21H,6,18-20H2,1-5H3/b29-17+. The highest BCUT2D eigenvalue weighted by molar-refractivity contribution is 7.89. The lowest BCUT2D eigenvalue weighted by Crippen LogP contribution is -2.30. The molecule has 0 saturated heterocycles. The zero-order valence-electron chi connectivity index (χ0n) is 24.4. The van der Waals surface area contributed by atoms with Gasteiger partial charge in [0.25, 0.3) is 5.91 Å². The van der Waals surface area contributed by atoms with E-state index in [-0.39, 0.29) is 47.6 Å². The Balaban J connectivity index is 1.67. The summed E-state index contributed by atoms with van der Waals surface area (Å²) in [6.45, 7) is 9.96. The fourth-order valence-corrected chi connectivity index (χ4v) is 6.19. The van der Waals surface area contributed by atoms with E-state index in [2.05, 4.69) is 0 Å². The molecule has 3 aromatic rings. The molecule has 10 heteroatoms. The van der Waals surface area contributed by atoms with E-state index in [0.29, 0.717) is 28.8 Å². The van der Waals surface area contributed by atoms with Gasteiger partial charge in [-0.3, -0.25) is 4.79 Å². The molecule has 2 aromatic carbocycles. The number of carbonyl (C=O) groups excluding carboxylic acids is 2. The Morgan fingerprint density at radius 2 is 1.69 bits per heavy atom. The van der Waals surface area contributed by atoms with Crippen LogP contribution in [0.2, 0.25) is 5.02 Å². The number of esters is 1. The average Bonchev–Trinajstić information content (AvgIpc) is 3.47. The summed E-state index contributed by atoms with van der Waals surface area (Å²) in [6, 6.07) is 17.0. The number of rotatable bonds is 11. The monoisotopic (exact) mass is 610 g/mol. The van der Waals surface area contributed by atoms with Gasteiger partial charge < -0.3 is 14.1 Å². The largest absolute Gasteiger partial charge is 0.462 e. The van der Waals surface area contributed by atoms with Crippen LogP contribution in [0.3, 0.4) is 0 Å². The molecule has 1 amide bonds. The highest BCUT2D eigenvalue weighted by Crippen LogP contribution is 2.33. The van der Waals surface area contributed by atoms with Crippen LogP contribution in [-0.4, -0.2) is 42.7 Å². The molecule has 8 nitrogen and oxygen atoms in total. The van der Waals surface area contributed by atoms with Crippen molar-refractivity contribution in [1.29, 1.82) is 0 Å². The molecule has 0 aliphatic carbocycles. The lowest BCUT2D eigenvalue weighted by molar-refractivity contribution is -0.138. The number of aryl methyl sites for hydroxylation is 1. The molecule has 1 aliphatic heterocycles. The van der Waals surface area contributed by atoms with E-state index in [1.54, 1.807) is 79.4 Å². The molecule has 0 bridgehead atoms. The summed E-state index contributed by atoms with van der Waals surface area (Å²) in [5.74, 6) is -0.0219. The molecule has 222 valence electrons. The first-order valence-corrected chi connectivity index (χ1v) is 15.5. The van der Waals surface area contributed by atoms with Gasteiger partial charge in [-0.15, -0.1) is 0 Å². The first kappa shape index (κ1) is 31.3. The van der Waals surface area contributed by atoms with Crippen LogP contribution in [0.4, 0.5) is 0 Å². The van der Waals surface area contributed by atoms with Crippen LogP contribution in [0.15, 0.2) is 86.8 Å². The summed E-state index contributed by atoms with van der Waals surface area (Å²) in [5, 5.41) is 0.551. The van der Waals surface area contributed by atoms with Crippen LogP contribution in [0.5, 0.6) is 0 Å². The molecule has 1 aliphatic rings. The van der Waals surface area contributed by atoms with E-state index < -0.39 is 16.0 Å². The minimum atomic E-state index is -3.90. The van der Waals surface area contributed by atoms with Crippen LogP contribution in [0.1, 0.15) is 50.3 Å². The lowest BCUT2D eigenvalue weighted by Gasteiger charge is -2.21. The molecule has 0 unspecified atom stereocenters. The third-order valence-corrected chi connectivity index (χ3v) is 8.83. The van der Waals surface area contributed by atoms with E-state index in [0.717, 1.165) is 11.1 Å². The zero-order chi connectivity index (χ0) is 30.6. The summed E-state index contributed by atoms with van der Waals surface area (Å²) in [5.41, 5.74) is 2.61. The molecule has 0 spiro atoms. The second-order valence-corrected chi connectivity index (χ2v) is 12.9. The van der Waals surface area contributed by atoms with E-state index in [4.69, 9.17) is 20.8 Å². The van der Waals surface area contributed by atoms with E-state index >= 15 is 0 Å². The smallest absolute Gasteiger partial charge is 0.340 e. The summed E-state index contributed by atoms with van der Waals surface area (Å²) < 4.78 is 40.0. The number of sulfonamides is 1. The maximum absolute atomic E-state index is 13.7. The molecule has 2 heterocycles. The number of ether oxygens (including phenoxy) is 1. The van der Waals surface area contributed by atoms with Crippen molar-refractivity contribution in [2.45, 2.75) is 52.6 Å².